The van der Waals surface area contributed by atoms with E-state index in [1.165, 1.54) is 0 Å². The summed E-state index contributed by atoms with van der Waals surface area (Å²) in [5.41, 5.74) is 3.69. The molecule has 4 nitrogen and oxygen atoms in total. The van der Waals surface area contributed by atoms with E-state index in [4.69, 9.17) is 0 Å². The number of nitrogens with one attached hydrogen (secondary N) is 1. The molecule has 2 N–H and O–H groups in total. The fourth-order valence-electron chi connectivity index (χ4n) is 3.10. The molecule has 0 aliphatic heterocycles. The van der Waals surface area contributed by atoms with Crippen LogP contribution in [0.25, 0.3) is 11.1 Å². The third-order valence-electron chi connectivity index (χ3n) is 4.66. The van der Waals surface area contributed by atoms with Crippen molar-refractivity contribution >= 4 is 11.9 Å². The molecule has 3 aromatic rings. The number of carbonyl (C=O) groups is 2. The monoisotopic (exact) mass is 373 g/mol. The lowest BCUT2D eigenvalue weighted by molar-refractivity contribution is -0.139. The molecule has 1 amide bonds. The third kappa shape index (κ3) is 5.30. The summed E-state index contributed by atoms with van der Waals surface area (Å²) in [6.45, 7) is 0. The van der Waals surface area contributed by atoms with Crippen molar-refractivity contribution in [2.45, 2.75) is 25.3 Å². The van der Waals surface area contributed by atoms with Crippen LogP contribution >= 0.6 is 0 Å². The predicted molar refractivity (Wildman–Crippen MR) is 110 cm³/mol. The molecule has 0 saturated carbocycles. The van der Waals surface area contributed by atoms with E-state index in [1.807, 2.05) is 72.8 Å². The molecule has 3 rings (SSSR count). The Balaban J connectivity index is 1.58. The van der Waals surface area contributed by atoms with Crippen LogP contribution in [0.3, 0.4) is 0 Å². The van der Waals surface area contributed by atoms with Crippen LogP contribution in [0.5, 0.6) is 0 Å². The highest BCUT2D eigenvalue weighted by Gasteiger charge is 2.20. The zero-order chi connectivity index (χ0) is 19.8. The average molecular weight is 373 g/mol. The van der Waals surface area contributed by atoms with Crippen molar-refractivity contribution in [3.05, 3.63) is 96.1 Å². The summed E-state index contributed by atoms with van der Waals surface area (Å²) in [6.07, 6.45) is 1.86. The standard InChI is InChI=1S/C24H23NO3/c26-23(21-16-14-20(15-17-21)19-11-5-2-6-12-19)25-22(24(27)28)13-7-10-18-8-3-1-4-9-18/h1-6,8-9,11-12,14-17,22H,7,10,13H2,(H,25,26)(H,27,28)/t22-/m0/s1. The van der Waals surface area contributed by atoms with E-state index in [9.17, 15) is 14.7 Å². The molecule has 3 aromatic carbocycles. The van der Waals surface area contributed by atoms with Crippen LogP contribution in [0.4, 0.5) is 0 Å². The Morgan fingerprint density at radius 3 is 1.96 bits per heavy atom. The second-order valence-corrected chi connectivity index (χ2v) is 6.69. The van der Waals surface area contributed by atoms with E-state index < -0.39 is 12.0 Å². The SMILES string of the molecule is O=C(N[C@@H](CCCc1ccccc1)C(=O)O)c1ccc(-c2ccccc2)cc1. The normalized spacial score (nSPS) is 11.6. The van der Waals surface area contributed by atoms with Gasteiger partial charge in [0, 0.05) is 5.56 Å². The molecule has 0 bridgehead atoms. The second kappa shape index (κ2) is 9.51. The molecule has 0 aliphatic rings. The van der Waals surface area contributed by atoms with Crippen molar-refractivity contribution in [1.29, 1.82) is 0 Å². The largest absolute Gasteiger partial charge is 0.480 e. The lowest BCUT2D eigenvalue weighted by Gasteiger charge is -2.15. The number of carboxylic acid groups (broad SMARTS) is 1. The molecule has 0 radical (unpaired) electrons. The van der Waals surface area contributed by atoms with Crippen LogP contribution in [0.15, 0.2) is 84.9 Å². The molecular formula is C24H23NO3. The first-order chi connectivity index (χ1) is 13.6. The Morgan fingerprint density at radius 2 is 1.36 bits per heavy atom. The molecule has 0 unspecified atom stereocenters. The first-order valence-corrected chi connectivity index (χ1v) is 9.36. The van der Waals surface area contributed by atoms with Crippen LogP contribution in [-0.4, -0.2) is 23.0 Å². The lowest BCUT2D eigenvalue weighted by atomic mass is 10.0. The Kier molecular flexibility index (Phi) is 6.58. The van der Waals surface area contributed by atoms with Gasteiger partial charge in [-0.25, -0.2) is 4.79 Å². The van der Waals surface area contributed by atoms with E-state index in [1.54, 1.807) is 12.1 Å². The van der Waals surface area contributed by atoms with Gasteiger partial charge in [0.25, 0.3) is 5.91 Å². The number of rotatable bonds is 8. The highest BCUT2D eigenvalue weighted by molar-refractivity contribution is 5.97. The van der Waals surface area contributed by atoms with Gasteiger partial charge in [0.05, 0.1) is 0 Å². The number of carboxylic acids is 1. The number of amides is 1. The smallest absolute Gasteiger partial charge is 0.326 e. The van der Waals surface area contributed by atoms with Gasteiger partial charge in [-0.2, -0.15) is 0 Å². The Bertz CT molecular complexity index is 906. The van der Waals surface area contributed by atoms with E-state index in [0.29, 0.717) is 18.4 Å². The van der Waals surface area contributed by atoms with Gasteiger partial charge in [-0.3, -0.25) is 4.79 Å². The summed E-state index contributed by atoms with van der Waals surface area (Å²) in [5.74, 6) is -1.38. The van der Waals surface area contributed by atoms with E-state index >= 15 is 0 Å². The molecule has 1 atom stereocenters. The Morgan fingerprint density at radius 1 is 0.786 bits per heavy atom. The van der Waals surface area contributed by atoms with Gasteiger partial charge in [-0.15, -0.1) is 0 Å². The van der Waals surface area contributed by atoms with Crippen molar-refractivity contribution in [2.75, 3.05) is 0 Å². The number of hydrogen-bond donors (Lipinski definition) is 2. The maximum Gasteiger partial charge on any atom is 0.326 e. The molecule has 0 aliphatic carbocycles. The number of carbonyl (C=O) groups excluding carboxylic acids is 1. The van der Waals surface area contributed by atoms with E-state index in [2.05, 4.69) is 5.32 Å². The van der Waals surface area contributed by atoms with Gasteiger partial charge in [0.15, 0.2) is 0 Å². The summed E-state index contributed by atoms with van der Waals surface area (Å²) in [7, 11) is 0. The Hall–Kier alpha value is -3.40. The van der Waals surface area contributed by atoms with Crippen LogP contribution in [-0.2, 0) is 11.2 Å². The number of benzene rings is 3. The van der Waals surface area contributed by atoms with Crippen molar-refractivity contribution in [1.82, 2.24) is 5.32 Å². The number of aliphatic carboxylic acids is 1. The van der Waals surface area contributed by atoms with Crippen molar-refractivity contribution in [3.63, 3.8) is 0 Å². The maximum atomic E-state index is 12.5. The minimum Gasteiger partial charge on any atom is -0.480 e. The quantitative estimate of drug-likeness (QED) is 0.608. The fraction of sp³-hybridized carbons (Fsp3) is 0.167. The molecule has 0 fully saturated rings. The molecule has 28 heavy (non-hydrogen) atoms. The molecule has 0 aromatic heterocycles. The summed E-state index contributed by atoms with van der Waals surface area (Å²) in [6, 6.07) is 26.1. The maximum absolute atomic E-state index is 12.5. The number of hydrogen-bond acceptors (Lipinski definition) is 2. The highest BCUT2D eigenvalue weighted by Crippen LogP contribution is 2.19. The topological polar surface area (TPSA) is 66.4 Å². The third-order valence-corrected chi connectivity index (χ3v) is 4.66. The predicted octanol–water partition coefficient (Wildman–Crippen LogP) is 4.56. The van der Waals surface area contributed by atoms with Crippen molar-refractivity contribution in [3.8, 4) is 11.1 Å². The lowest BCUT2D eigenvalue weighted by Crippen LogP contribution is -2.40. The highest BCUT2D eigenvalue weighted by atomic mass is 16.4. The van der Waals surface area contributed by atoms with E-state index in [-0.39, 0.29) is 5.91 Å². The van der Waals surface area contributed by atoms with Gasteiger partial charge in [0.2, 0.25) is 0 Å². The zero-order valence-electron chi connectivity index (χ0n) is 15.5. The van der Waals surface area contributed by atoms with Gasteiger partial charge in [-0.1, -0.05) is 72.8 Å². The molecule has 0 spiro atoms. The van der Waals surface area contributed by atoms with Gasteiger partial charge in [0.1, 0.15) is 6.04 Å². The first kappa shape index (κ1) is 19.4. The van der Waals surface area contributed by atoms with Crippen LogP contribution in [0.1, 0.15) is 28.8 Å². The van der Waals surface area contributed by atoms with Gasteiger partial charge < -0.3 is 10.4 Å². The van der Waals surface area contributed by atoms with Crippen LogP contribution in [0.2, 0.25) is 0 Å². The molecule has 0 heterocycles. The molecule has 0 saturated heterocycles. The average Bonchev–Trinajstić information content (AvgIpc) is 2.74. The van der Waals surface area contributed by atoms with Crippen LogP contribution < -0.4 is 5.32 Å². The second-order valence-electron chi connectivity index (χ2n) is 6.69. The minimum atomic E-state index is -1.01. The van der Waals surface area contributed by atoms with Crippen molar-refractivity contribution in [2.24, 2.45) is 0 Å². The first-order valence-electron chi connectivity index (χ1n) is 9.36. The Labute approximate surface area is 164 Å². The van der Waals surface area contributed by atoms with Crippen LogP contribution in [0, 0.1) is 0 Å². The summed E-state index contributed by atoms with van der Waals surface area (Å²) < 4.78 is 0. The summed E-state index contributed by atoms with van der Waals surface area (Å²) >= 11 is 0. The van der Waals surface area contributed by atoms with E-state index in [0.717, 1.165) is 23.1 Å². The molecule has 4 heteroatoms. The summed E-state index contributed by atoms with van der Waals surface area (Å²) in [4.78, 5) is 24.0. The molecular weight excluding hydrogens is 350 g/mol. The van der Waals surface area contributed by atoms with Crippen molar-refractivity contribution < 1.29 is 14.7 Å². The fourth-order valence-corrected chi connectivity index (χ4v) is 3.10. The van der Waals surface area contributed by atoms with Gasteiger partial charge >= 0.3 is 5.97 Å². The zero-order valence-corrected chi connectivity index (χ0v) is 15.5. The number of aryl methyl sites for hydroxylation is 1. The minimum absolute atomic E-state index is 0.369. The van der Waals surface area contributed by atoms with Gasteiger partial charge in [-0.05, 0) is 48.1 Å². The summed E-state index contributed by atoms with van der Waals surface area (Å²) in [5, 5.41) is 12.1. The molecule has 142 valence electrons.